The van der Waals surface area contributed by atoms with Gasteiger partial charge in [-0.15, -0.1) is 0 Å². The van der Waals surface area contributed by atoms with Crippen molar-refractivity contribution in [1.82, 2.24) is 30.2 Å². The van der Waals surface area contributed by atoms with Gasteiger partial charge in [0, 0.05) is 37.7 Å². The van der Waals surface area contributed by atoms with Gasteiger partial charge in [0.15, 0.2) is 5.69 Å². The molecule has 1 aromatic carbocycles. The summed E-state index contributed by atoms with van der Waals surface area (Å²) in [4.78, 5) is 21.4. The fourth-order valence-electron chi connectivity index (χ4n) is 4.44. The molecule has 5 rings (SSSR count). The molecule has 0 atom stereocenters. The zero-order chi connectivity index (χ0) is 24.4. The van der Waals surface area contributed by atoms with Crippen molar-refractivity contribution in [2.24, 2.45) is 0 Å². The summed E-state index contributed by atoms with van der Waals surface area (Å²) < 4.78 is 12.9. The molecule has 1 saturated heterocycles. The summed E-state index contributed by atoms with van der Waals surface area (Å²) >= 11 is 5.87. The van der Waals surface area contributed by atoms with Gasteiger partial charge in [0.1, 0.15) is 5.15 Å². The number of halogens is 1. The first-order chi connectivity index (χ1) is 17.0. The van der Waals surface area contributed by atoms with Gasteiger partial charge in [-0.1, -0.05) is 47.1 Å². The highest BCUT2D eigenvalue weighted by molar-refractivity contribution is 6.29. The normalized spacial score (nSPS) is 15.2. The number of aryl methyl sites for hydroxylation is 1. The van der Waals surface area contributed by atoms with Crippen LogP contribution >= 0.6 is 11.6 Å². The van der Waals surface area contributed by atoms with E-state index in [-0.39, 0.29) is 5.91 Å². The minimum absolute atomic E-state index is 0.00994. The molecular weight excluding hydrogens is 468 g/mol. The number of carbonyl (C=O) groups excluding carboxylic acids is 1. The van der Waals surface area contributed by atoms with E-state index in [0.29, 0.717) is 55.2 Å². The summed E-state index contributed by atoms with van der Waals surface area (Å²) in [5, 5.41) is 12.0. The van der Waals surface area contributed by atoms with Crippen LogP contribution in [-0.4, -0.2) is 51.1 Å². The Kier molecular flexibility index (Phi) is 6.36. The van der Waals surface area contributed by atoms with Crippen molar-refractivity contribution < 1.29 is 14.1 Å². The molecule has 0 bridgehead atoms. The van der Waals surface area contributed by atoms with E-state index >= 15 is 0 Å². The number of benzene rings is 1. The Morgan fingerprint density at radius 2 is 1.94 bits per heavy atom. The quantitative estimate of drug-likeness (QED) is 0.408. The fraction of sp³-hybridized carbons (Fsp3) is 0.320. The molecule has 1 fully saturated rings. The Balaban J connectivity index is 1.36. The van der Waals surface area contributed by atoms with Crippen molar-refractivity contribution in [3.63, 3.8) is 0 Å². The van der Waals surface area contributed by atoms with Crippen LogP contribution in [0.2, 0.25) is 5.15 Å². The molecule has 4 aromatic rings. The first kappa shape index (κ1) is 23.2. The topological polar surface area (TPSA) is 108 Å². The molecule has 0 unspecified atom stereocenters. The second kappa shape index (κ2) is 9.59. The maximum atomic E-state index is 12.7. The number of aromatic nitrogens is 5. The lowest BCUT2D eigenvalue weighted by atomic mass is 9.73. The Labute approximate surface area is 207 Å². The third-order valence-electron chi connectivity index (χ3n) is 6.45. The van der Waals surface area contributed by atoms with E-state index in [4.69, 9.17) is 20.9 Å². The van der Waals surface area contributed by atoms with Gasteiger partial charge < -0.3 is 14.6 Å². The SMILES string of the molecule is CNC(=O)C1(c2ccc(-c3noc(-c4cc(C)n(Cc5ccc(Cl)nc5)n4)n3)cc2)CCOCC1. The van der Waals surface area contributed by atoms with Crippen molar-refractivity contribution in [1.29, 1.82) is 0 Å². The smallest absolute Gasteiger partial charge is 0.278 e. The van der Waals surface area contributed by atoms with Crippen molar-refractivity contribution in [2.45, 2.75) is 31.7 Å². The van der Waals surface area contributed by atoms with Gasteiger partial charge >= 0.3 is 0 Å². The predicted octanol–water partition coefficient (Wildman–Crippen LogP) is 3.80. The second-order valence-corrected chi connectivity index (χ2v) is 8.98. The molecule has 180 valence electrons. The molecule has 1 aliphatic rings. The van der Waals surface area contributed by atoms with Crippen LogP contribution in [0.5, 0.6) is 0 Å². The highest BCUT2D eigenvalue weighted by Crippen LogP contribution is 2.36. The van der Waals surface area contributed by atoms with Crippen LogP contribution < -0.4 is 5.32 Å². The summed E-state index contributed by atoms with van der Waals surface area (Å²) in [6, 6.07) is 13.3. The number of likely N-dealkylation sites (N-methyl/N-ethyl adjacent to an activating group) is 1. The number of hydrogen-bond acceptors (Lipinski definition) is 7. The van der Waals surface area contributed by atoms with Crippen LogP contribution in [0.15, 0.2) is 53.2 Å². The number of amides is 1. The molecule has 9 nitrogen and oxygen atoms in total. The lowest BCUT2D eigenvalue weighted by Crippen LogP contribution is -2.46. The van der Waals surface area contributed by atoms with Gasteiger partial charge in [0.05, 0.1) is 12.0 Å². The average molecular weight is 493 g/mol. The minimum Gasteiger partial charge on any atom is -0.381 e. The lowest BCUT2D eigenvalue weighted by Gasteiger charge is -2.35. The molecule has 1 amide bonds. The largest absolute Gasteiger partial charge is 0.381 e. The zero-order valence-corrected chi connectivity index (χ0v) is 20.2. The van der Waals surface area contributed by atoms with Crippen molar-refractivity contribution in [2.75, 3.05) is 20.3 Å². The van der Waals surface area contributed by atoms with Gasteiger partial charge in [-0.2, -0.15) is 10.1 Å². The van der Waals surface area contributed by atoms with Gasteiger partial charge in [-0.05, 0) is 43.0 Å². The third-order valence-corrected chi connectivity index (χ3v) is 6.67. The maximum absolute atomic E-state index is 12.7. The van der Waals surface area contributed by atoms with Gasteiger partial charge in [0.2, 0.25) is 11.7 Å². The third kappa shape index (κ3) is 4.56. The second-order valence-electron chi connectivity index (χ2n) is 8.59. The number of ether oxygens (including phenoxy) is 1. The first-order valence-electron chi connectivity index (χ1n) is 11.4. The standard InChI is InChI=1S/C25H25ClN6O3/c1-16-13-20(30-32(16)15-17-3-8-21(26)28-14-17)23-29-22(31-35-23)18-4-6-19(7-5-18)25(24(33)27-2)9-11-34-12-10-25/h3-8,13-14H,9-12,15H2,1-2H3,(H,27,33). The molecule has 0 spiro atoms. The molecule has 0 radical (unpaired) electrons. The summed E-state index contributed by atoms with van der Waals surface area (Å²) in [5.74, 6) is 0.809. The number of rotatable bonds is 6. The van der Waals surface area contributed by atoms with Crippen molar-refractivity contribution >= 4 is 17.5 Å². The Morgan fingerprint density at radius 3 is 2.63 bits per heavy atom. The summed E-state index contributed by atoms with van der Waals surface area (Å²) in [5.41, 5.74) is 3.70. The summed E-state index contributed by atoms with van der Waals surface area (Å²) in [6.45, 7) is 3.64. The molecule has 4 heterocycles. The van der Waals surface area contributed by atoms with Crippen molar-refractivity contribution in [3.8, 4) is 23.0 Å². The highest BCUT2D eigenvalue weighted by Gasteiger charge is 2.41. The number of hydrogen-bond donors (Lipinski definition) is 1. The number of nitrogens with one attached hydrogen (secondary N) is 1. The van der Waals surface area contributed by atoms with Crippen LogP contribution in [0, 0.1) is 6.92 Å². The van der Waals surface area contributed by atoms with E-state index in [2.05, 4.69) is 25.5 Å². The van der Waals surface area contributed by atoms with E-state index in [0.717, 1.165) is 22.4 Å². The Morgan fingerprint density at radius 1 is 1.17 bits per heavy atom. The Bertz CT molecular complexity index is 1320. The van der Waals surface area contributed by atoms with Crippen molar-refractivity contribution in [3.05, 3.63) is 70.6 Å². The molecule has 1 aliphatic heterocycles. The molecular formula is C25H25ClN6O3. The van der Waals surface area contributed by atoms with Crippen LogP contribution in [0.25, 0.3) is 23.0 Å². The van der Waals surface area contributed by atoms with Crippen LogP contribution in [0.4, 0.5) is 0 Å². The van der Waals surface area contributed by atoms with Crippen LogP contribution in [0.1, 0.15) is 29.7 Å². The van der Waals surface area contributed by atoms with Gasteiger partial charge in [0.25, 0.3) is 5.89 Å². The Hall–Kier alpha value is -3.56. The fourth-order valence-corrected chi connectivity index (χ4v) is 4.55. The van der Waals surface area contributed by atoms with Gasteiger partial charge in [-0.3, -0.25) is 9.48 Å². The molecule has 10 heteroatoms. The van der Waals surface area contributed by atoms with Gasteiger partial charge in [-0.25, -0.2) is 4.98 Å². The van der Waals surface area contributed by atoms with E-state index in [1.54, 1.807) is 19.3 Å². The summed E-state index contributed by atoms with van der Waals surface area (Å²) in [6.07, 6.45) is 3.02. The van der Waals surface area contributed by atoms with E-state index in [1.807, 2.05) is 48.0 Å². The lowest BCUT2D eigenvalue weighted by molar-refractivity contribution is -0.129. The number of pyridine rings is 1. The monoisotopic (exact) mass is 492 g/mol. The summed E-state index contributed by atoms with van der Waals surface area (Å²) in [7, 11) is 1.67. The number of carbonyl (C=O) groups is 1. The molecule has 0 saturated carbocycles. The first-order valence-corrected chi connectivity index (χ1v) is 11.8. The zero-order valence-electron chi connectivity index (χ0n) is 19.5. The van der Waals surface area contributed by atoms with Crippen LogP contribution in [-0.2, 0) is 21.5 Å². The van der Waals surface area contributed by atoms with E-state index in [1.165, 1.54) is 0 Å². The predicted molar refractivity (Wildman–Crippen MR) is 130 cm³/mol. The van der Waals surface area contributed by atoms with Crippen LogP contribution in [0.3, 0.4) is 0 Å². The molecule has 35 heavy (non-hydrogen) atoms. The molecule has 3 aromatic heterocycles. The maximum Gasteiger partial charge on any atom is 0.278 e. The van der Waals surface area contributed by atoms with E-state index in [9.17, 15) is 4.79 Å². The molecule has 1 N–H and O–H groups in total. The van der Waals surface area contributed by atoms with E-state index < -0.39 is 5.41 Å². The molecule has 0 aliphatic carbocycles. The number of nitrogens with zero attached hydrogens (tertiary/aromatic N) is 5. The highest BCUT2D eigenvalue weighted by atomic mass is 35.5. The average Bonchev–Trinajstić information content (AvgIpc) is 3.52. The minimum atomic E-state index is -0.585.